The highest BCUT2D eigenvalue weighted by atomic mass is 16.4. The van der Waals surface area contributed by atoms with Crippen LogP contribution in [0.1, 0.15) is 20.8 Å². The third-order valence-corrected chi connectivity index (χ3v) is 1.87. The number of nitrogens with zero attached hydrogens (tertiary/aromatic N) is 4. The smallest absolute Gasteiger partial charge is 0.0680 e. The highest BCUT2D eigenvalue weighted by Gasteiger charge is 2.10. The highest BCUT2D eigenvalue weighted by molar-refractivity contribution is 5.88. The monoisotopic (exact) mass is 230 g/mol. The van der Waals surface area contributed by atoms with Crippen molar-refractivity contribution in [1.82, 2.24) is 4.90 Å². The first-order valence-corrected chi connectivity index (χ1v) is 4.78. The lowest BCUT2D eigenvalue weighted by Gasteiger charge is -2.20. The maximum Gasteiger partial charge on any atom is 0.0680 e. The Morgan fingerprint density at radius 1 is 0.750 bits per heavy atom. The summed E-state index contributed by atoms with van der Waals surface area (Å²) < 4.78 is 0. The van der Waals surface area contributed by atoms with Gasteiger partial charge in [0.2, 0.25) is 0 Å². The Hall–Kier alpha value is -1.63. The Bertz CT molecular complexity index is 252. The van der Waals surface area contributed by atoms with Gasteiger partial charge in [-0.3, -0.25) is 4.90 Å². The Labute approximate surface area is 94.3 Å². The lowest BCUT2D eigenvalue weighted by atomic mass is 10.3. The van der Waals surface area contributed by atoms with Gasteiger partial charge in [0.15, 0.2) is 0 Å². The van der Waals surface area contributed by atoms with E-state index in [-0.39, 0.29) is 0 Å². The van der Waals surface area contributed by atoms with E-state index in [1.54, 1.807) is 20.8 Å². The van der Waals surface area contributed by atoms with Crippen molar-refractivity contribution in [3.63, 3.8) is 0 Å². The summed E-state index contributed by atoms with van der Waals surface area (Å²) >= 11 is 0. The van der Waals surface area contributed by atoms with Crippen molar-refractivity contribution in [2.24, 2.45) is 15.5 Å². The van der Waals surface area contributed by atoms with Crippen molar-refractivity contribution in [3.05, 3.63) is 0 Å². The first-order chi connectivity index (χ1) is 7.53. The van der Waals surface area contributed by atoms with E-state index in [9.17, 15) is 0 Å². The van der Waals surface area contributed by atoms with E-state index in [2.05, 4.69) is 15.5 Å². The van der Waals surface area contributed by atoms with Crippen molar-refractivity contribution in [2.45, 2.75) is 20.8 Å². The molecule has 3 N–H and O–H groups in total. The highest BCUT2D eigenvalue weighted by Crippen LogP contribution is 1.94. The van der Waals surface area contributed by atoms with Crippen LogP contribution in [-0.2, 0) is 0 Å². The molecule has 0 aromatic heterocycles. The van der Waals surface area contributed by atoms with E-state index in [4.69, 9.17) is 15.6 Å². The molecule has 0 saturated carbocycles. The molecule has 0 aliphatic heterocycles. The summed E-state index contributed by atoms with van der Waals surface area (Å²) in [5.74, 6) is 0. The Morgan fingerprint density at radius 2 is 1.00 bits per heavy atom. The average Bonchev–Trinajstić information content (AvgIpc) is 2.28. The maximum atomic E-state index is 8.57. The van der Waals surface area contributed by atoms with Gasteiger partial charge in [0, 0.05) is 19.6 Å². The predicted octanol–water partition coefficient (Wildman–Crippen LogP) is 0.839. The lowest BCUT2D eigenvalue weighted by Crippen LogP contribution is -2.36. The molecule has 0 spiro atoms. The van der Waals surface area contributed by atoms with Gasteiger partial charge in [-0.05, 0) is 20.8 Å². The fourth-order valence-corrected chi connectivity index (χ4v) is 1.23. The summed E-state index contributed by atoms with van der Waals surface area (Å²) in [7, 11) is 0. The van der Waals surface area contributed by atoms with Gasteiger partial charge < -0.3 is 15.6 Å². The predicted molar refractivity (Wildman–Crippen MR) is 61.1 cm³/mol. The molecule has 0 rings (SSSR count). The SMILES string of the molecule is C/C(CN(C/C(C)=N/O)C/C(C)=N/O)=N/O. The molecule has 7 nitrogen and oxygen atoms in total. The van der Waals surface area contributed by atoms with Crippen molar-refractivity contribution in [1.29, 1.82) is 0 Å². The second-order valence-corrected chi connectivity index (χ2v) is 3.65. The van der Waals surface area contributed by atoms with Gasteiger partial charge in [-0.1, -0.05) is 15.5 Å². The van der Waals surface area contributed by atoms with Crippen LogP contribution >= 0.6 is 0 Å². The molecule has 0 saturated heterocycles. The van der Waals surface area contributed by atoms with E-state index >= 15 is 0 Å². The molecule has 0 fully saturated rings. The molecule has 0 radical (unpaired) electrons. The second-order valence-electron chi connectivity index (χ2n) is 3.65. The zero-order valence-electron chi connectivity index (χ0n) is 9.75. The molecule has 0 aliphatic carbocycles. The van der Waals surface area contributed by atoms with Gasteiger partial charge in [-0.15, -0.1) is 0 Å². The van der Waals surface area contributed by atoms with Crippen LogP contribution in [0.15, 0.2) is 15.5 Å². The van der Waals surface area contributed by atoms with E-state index < -0.39 is 0 Å². The maximum absolute atomic E-state index is 8.57. The largest absolute Gasteiger partial charge is 0.411 e. The summed E-state index contributed by atoms with van der Waals surface area (Å²) in [6.07, 6.45) is 0. The third-order valence-electron chi connectivity index (χ3n) is 1.87. The van der Waals surface area contributed by atoms with Gasteiger partial charge in [0.25, 0.3) is 0 Å². The van der Waals surface area contributed by atoms with Crippen molar-refractivity contribution < 1.29 is 15.6 Å². The molecule has 0 aromatic rings. The molecular weight excluding hydrogens is 212 g/mol. The molecule has 0 aliphatic rings. The average molecular weight is 230 g/mol. The molecule has 0 heterocycles. The summed E-state index contributed by atoms with van der Waals surface area (Å²) in [4.78, 5) is 1.82. The summed E-state index contributed by atoms with van der Waals surface area (Å²) in [5, 5.41) is 34.9. The van der Waals surface area contributed by atoms with Crippen molar-refractivity contribution in [2.75, 3.05) is 19.6 Å². The van der Waals surface area contributed by atoms with Gasteiger partial charge in [-0.25, -0.2) is 0 Å². The van der Waals surface area contributed by atoms with Gasteiger partial charge in [0.1, 0.15) is 0 Å². The Balaban J connectivity index is 4.50. The fraction of sp³-hybridized carbons (Fsp3) is 0.667. The zero-order chi connectivity index (χ0) is 12.6. The first-order valence-electron chi connectivity index (χ1n) is 4.78. The Morgan fingerprint density at radius 3 is 1.19 bits per heavy atom. The standard InChI is InChI=1S/C9H18N4O3/c1-7(10-14)4-13(5-8(2)11-15)6-9(3)12-16/h14-16H,4-6H2,1-3H3/b10-7-,11-8+,12-9+. The van der Waals surface area contributed by atoms with E-state index in [1.165, 1.54) is 0 Å². The van der Waals surface area contributed by atoms with Crippen LogP contribution in [0.3, 0.4) is 0 Å². The van der Waals surface area contributed by atoms with E-state index in [1.807, 2.05) is 4.90 Å². The molecule has 0 unspecified atom stereocenters. The Kier molecular flexibility index (Phi) is 6.86. The summed E-state index contributed by atoms with van der Waals surface area (Å²) in [5.41, 5.74) is 1.57. The van der Waals surface area contributed by atoms with Gasteiger partial charge in [-0.2, -0.15) is 0 Å². The number of oxime groups is 3. The molecule has 7 heteroatoms. The zero-order valence-corrected chi connectivity index (χ0v) is 9.75. The van der Waals surface area contributed by atoms with E-state index in [0.29, 0.717) is 36.8 Å². The van der Waals surface area contributed by atoms with Gasteiger partial charge >= 0.3 is 0 Å². The molecular formula is C9H18N4O3. The third kappa shape index (κ3) is 5.97. The molecule has 92 valence electrons. The second kappa shape index (κ2) is 7.63. The minimum absolute atomic E-state index is 0.399. The van der Waals surface area contributed by atoms with Crippen LogP contribution < -0.4 is 0 Å². The van der Waals surface area contributed by atoms with Crippen LogP contribution in [0.4, 0.5) is 0 Å². The molecule has 0 bridgehead atoms. The van der Waals surface area contributed by atoms with Crippen molar-refractivity contribution >= 4 is 17.1 Å². The topological polar surface area (TPSA) is 101 Å². The fourth-order valence-electron chi connectivity index (χ4n) is 1.23. The lowest BCUT2D eigenvalue weighted by molar-refractivity contribution is 0.300. The van der Waals surface area contributed by atoms with Crippen LogP contribution in [0.25, 0.3) is 0 Å². The van der Waals surface area contributed by atoms with Crippen LogP contribution in [0.5, 0.6) is 0 Å². The molecule has 0 aromatic carbocycles. The number of hydrogen-bond acceptors (Lipinski definition) is 7. The molecule has 16 heavy (non-hydrogen) atoms. The summed E-state index contributed by atoms with van der Waals surface area (Å²) in [6, 6.07) is 0. The van der Waals surface area contributed by atoms with Crippen LogP contribution in [0.2, 0.25) is 0 Å². The molecule has 0 atom stereocenters. The quantitative estimate of drug-likeness (QED) is 0.357. The van der Waals surface area contributed by atoms with E-state index in [0.717, 1.165) is 0 Å². The van der Waals surface area contributed by atoms with Gasteiger partial charge in [0.05, 0.1) is 17.1 Å². The van der Waals surface area contributed by atoms with Crippen LogP contribution in [-0.4, -0.2) is 57.3 Å². The first kappa shape index (κ1) is 14.4. The summed E-state index contributed by atoms with van der Waals surface area (Å²) in [6.45, 7) is 6.21. The number of hydrogen-bond donors (Lipinski definition) is 3. The minimum atomic E-state index is 0.399. The number of rotatable bonds is 6. The van der Waals surface area contributed by atoms with Crippen molar-refractivity contribution in [3.8, 4) is 0 Å². The van der Waals surface area contributed by atoms with Crippen LogP contribution in [0, 0.1) is 0 Å². The molecule has 0 amide bonds. The minimum Gasteiger partial charge on any atom is -0.411 e. The normalized spacial score (nSPS) is 14.6.